The van der Waals surface area contributed by atoms with Crippen LogP contribution in [0.15, 0.2) is 58.5 Å². The Morgan fingerprint density at radius 2 is 1.32 bits per heavy atom. The van der Waals surface area contributed by atoms with Crippen molar-refractivity contribution in [1.29, 1.82) is 0 Å². The number of rotatable bonds is 2. The van der Waals surface area contributed by atoms with E-state index in [1.807, 2.05) is 24.3 Å². The summed E-state index contributed by atoms with van der Waals surface area (Å²) < 4.78 is 0. The van der Waals surface area contributed by atoms with E-state index in [1.54, 1.807) is 21.6 Å². The van der Waals surface area contributed by atoms with Gasteiger partial charge in [0.25, 0.3) is 0 Å². The summed E-state index contributed by atoms with van der Waals surface area (Å²) in [4.78, 5) is 9.42. The van der Waals surface area contributed by atoms with Gasteiger partial charge in [-0.3, -0.25) is 0 Å². The molecule has 6 heteroatoms. The zero-order valence-electron chi connectivity index (χ0n) is 11.6. The SMILES string of the molecule is Cc1ccc(C2=NC3=S(S2)SC(c2ccc(Cl)cc2)=N3)cc1. The molecule has 0 amide bonds. The molecule has 0 radical (unpaired) electrons. The Labute approximate surface area is 143 Å². The van der Waals surface area contributed by atoms with Gasteiger partial charge in [0, 0.05) is 16.1 Å². The Bertz CT molecular complexity index is 767. The molecule has 0 fully saturated rings. The maximum absolute atomic E-state index is 5.94. The highest BCUT2D eigenvalue weighted by atomic mass is 35.5. The first-order valence-electron chi connectivity index (χ1n) is 6.67. The lowest BCUT2D eigenvalue weighted by Crippen LogP contribution is -1.97. The molecule has 0 bridgehead atoms. The molecule has 0 N–H and O–H groups in total. The van der Waals surface area contributed by atoms with Gasteiger partial charge >= 0.3 is 0 Å². The second-order valence-electron chi connectivity index (χ2n) is 4.89. The minimum atomic E-state index is -0.0301. The van der Waals surface area contributed by atoms with Crippen LogP contribution in [0, 0.1) is 6.92 Å². The lowest BCUT2D eigenvalue weighted by atomic mass is 10.2. The van der Waals surface area contributed by atoms with E-state index >= 15 is 0 Å². The first-order chi connectivity index (χ1) is 10.7. The van der Waals surface area contributed by atoms with Crippen molar-refractivity contribution in [3.63, 3.8) is 0 Å². The van der Waals surface area contributed by atoms with Crippen LogP contribution >= 0.6 is 41.7 Å². The van der Waals surface area contributed by atoms with Crippen LogP contribution in [-0.2, 0) is 0 Å². The molecule has 0 aromatic heterocycles. The summed E-state index contributed by atoms with van der Waals surface area (Å²) in [5.41, 5.74) is 3.55. The van der Waals surface area contributed by atoms with Gasteiger partial charge in [0.15, 0.2) is 0 Å². The molecule has 2 aromatic rings. The lowest BCUT2D eigenvalue weighted by molar-refractivity contribution is 1.46. The van der Waals surface area contributed by atoms with Gasteiger partial charge in [-0.1, -0.05) is 53.6 Å². The van der Waals surface area contributed by atoms with Crippen molar-refractivity contribution < 1.29 is 0 Å². The molecular formula is C16H11ClN2S3. The van der Waals surface area contributed by atoms with Crippen molar-refractivity contribution in [2.45, 2.75) is 6.92 Å². The molecule has 0 spiro atoms. The van der Waals surface area contributed by atoms with Crippen LogP contribution in [0.1, 0.15) is 16.7 Å². The predicted molar refractivity (Wildman–Crippen MR) is 103 cm³/mol. The molecule has 2 heterocycles. The average molecular weight is 363 g/mol. The van der Waals surface area contributed by atoms with Gasteiger partial charge in [0.2, 0.25) is 5.11 Å². The molecule has 110 valence electrons. The zero-order chi connectivity index (χ0) is 15.1. The molecule has 2 nitrogen and oxygen atoms in total. The van der Waals surface area contributed by atoms with Gasteiger partial charge in [-0.05, 0) is 49.2 Å². The van der Waals surface area contributed by atoms with Crippen LogP contribution in [-0.4, -0.2) is 15.2 Å². The summed E-state index contributed by atoms with van der Waals surface area (Å²) in [6.07, 6.45) is 0. The Morgan fingerprint density at radius 3 is 1.82 bits per heavy atom. The van der Waals surface area contributed by atoms with Gasteiger partial charge in [-0.25, -0.2) is 9.98 Å². The van der Waals surface area contributed by atoms with E-state index in [4.69, 9.17) is 21.6 Å². The summed E-state index contributed by atoms with van der Waals surface area (Å²) in [5, 5.41) is 3.80. The van der Waals surface area contributed by atoms with E-state index in [0.29, 0.717) is 0 Å². The fourth-order valence-electron chi connectivity index (χ4n) is 2.06. The van der Waals surface area contributed by atoms with Crippen molar-refractivity contribution in [2.24, 2.45) is 9.98 Å². The van der Waals surface area contributed by atoms with E-state index in [2.05, 4.69) is 31.2 Å². The van der Waals surface area contributed by atoms with Crippen molar-refractivity contribution >= 4 is 56.9 Å². The summed E-state index contributed by atoms with van der Waals surface area (Å²) in [6.45, 7) is 2.09. The highest BCUT2D eigenvalue weighted by Gasteiger charge is 2.27. The van der Waals surface area contributed by atoms with Crippen LogP contribution in [0.4, 0.5) is 0 Å². The van der Waals surface area contributed by atoms with Crippen LogP contribution in [0.25, 0.3) is 0 Å². The highest BCUT2D eigenvalue weighted by molar-refractivity contribution is 9.21. The minimum Gasteiger partial charge on any atom is -0.214 e. The molecular weight excluding hydrogens is 352 g/mol. The number of halogens is 1. The van der Waals surface area contributed by atoms with E-state index in [1.165, 1.54) is 11.1 Å². The van der Waals surface area contributed by atoms with Crippen LogP contribution < -0.4 is 0 Å². The summed E-state index contributed by atoms with van der Waals surface area (Å²) in [6, 6.07) is 16.3. The van der Waals surface area contributed by atoms with Crippen LogP contribution in [0.2, 0.25) is 5.02 Å². The van der Waals surface area contributed by atoms with E-state index in [0.717, 1.165) is 25.8 Å². The summed E-state index contributed by atoms with van der Waals surface area (Å²) in [5.74, 6) is 0. The Morgan fingerprint density at radius 1 is 0.818 bits per heavy atom. The third-order valence-electron chi connectivity index (χ3n) is 3.24. The van der Waals surface area contributed by atoms with Crippen molar-refractivity contribution in [3.05, 3.63) is 70.2 Å². The Balaban J connectivity index is 1.59. The largest absolute Gasteiger partial charge is 0.214 e. The van der Waals surface area contributed by atoms with Crippen LogP contribution in [0.5, 0.6) is 0 Å². The van der Waals surface area contributed by atoms with E-state index in [-0.39, 0.29) is 8.55 Å². The van der Waals surface area contributed by atoms with Gasteiger partial charge in [0.05, 0.1) is 0 Å². The lowest BCUT2D eigenvalue weighted by Gasteiger charge is -2.04. The molecule has 0 saturated carbocycles. The van der Waals surface area contributed by atoms with Gasteiger partial charge in [0.1, 0.15) is 10.1 Å². The van der Waals surface area contributed by atoms with Gasteiger partial charge in [-0.15, -0.1) is 0 Å². The topological polar surface area (TPSA) is 24.7 Å². The monoisotopic (exact) mass is 362 g/mol. The third kappa shape index (κ3) is 2.78. The molecule has 2 aliphatic rings. The quantitative estimate of drug-likeness (QED) is 0.519. The van der Waals surface area contributed by atoms with Crippen LogP contribution in [0.3, 0.4) is 0 Å². The number of aryl methyl sites for hydroxylation is 1. The van der Waals surface area contributed by atoms with Crippen molar-refractivity contribution in [3.8, 4) is 0 Å². The van der Waals surface area contributed by atoms with Crippen molar-refractivity contribution in [2.75, 3.05) is 0 Å². The fourth-order valence-corrected chi connectivity index (χ4v) is 7.94. The van der Waals surface area contributed by atoms with Gasteiger partial charge in [-0.2, -0.15) is 0 Å². The molecule has 2 aromatic carbocycles. The Hall–Kier alpha value is -1.01. The number of aliphatic imine (C=N–C) groups is 2. The number of nitrogens with zero attached hydrogens (tertiary/aromatic N) is 2. The zero-order valence-corrected chi connectivity index (χ0v) is 14.8. The second-order valence-corrected chi connectivity index (χ2v) is 10.9. The maximum atomic E-state index is 5.94. The normalized spacial score (nSPS) is 19.9. The molecule has 22 heavy (non-hydrogen) atoms. The number of hydrogen-bond acceptors (Lipinski definition) is 4. The van der Waals surface area contributed by atoms with Gasteiger partial charge < -0.3 is 0 Å². The highest BCUT2D eigenvalue weighted by Crippen LogP contribution is 2.55. The van der Waals surface area contributed by atoms with E-state index in [9.17, 15) is 0 Å². The smallest absolute Gasteiger partial charge is 0.200 e. The van der Waals surface area contributed by atoms with Crippen molar-refractivity contribution in [1.82, 2.24) is 0 Å². The molecule has 1 unspecified atom stereocenters. The number of benzene rings is 2. The standard InChI is InChI=1S/C16H11ClN2S3/c1-10-2-4-11(5-3-10)14-18-16-19-15(21-22(16)20-14)12-6-8-13(17)9-7-12/h2-9H,1H3. The first-order valence-corrected chi connectivity index (χ1v) is 10.9. The minimum absolute atomic E-state index is 0.0301. The third-order valence-corrected chi connectivity index (χ3v) is 9.22. The fraction of sp³-hybridized carbons (Fsp3) is 0.0625. The molecule has 1 atom stereocenters. The summed E-state index contributed by atoms with van der Waals surface area (Å²) >= 11 is 5.94. The van der Waals surface area contributed by atoms with E-state index < -0.39 is 0 Å². The predicted octanol–water partition coefficient (Wildman–Crippen LogP) is 5.52. The Kier molecular flexibility index (Phi) is 3.90. The first kappa shape index (κ1) is 14.6. The molecule has 4 rings (SSSR count). The molecule has 0 saturated heterocycles. The maximum Gasteiger partial charge on any atom is 0.200 e. The summed E-state index contributed by atoms with van der Waals surface area (Å²) in [7, 11) is 3.56. The molecule has 0 aliphatic carbocycles. The second kappa shape index (κ2) is 5.89. The average Bonchev–Trinajstić information content (AvgIpc) is 3.07. The molecule has 2 aliphatic heterocycles. The number of hydrogen-bond donors (Lipinski definition) is 0.